The third-order valence-corrected chi connectivity index (χ3v) is 4.22. The Bertz CT molecular complexity index is 281. The van der Waals surface area contributed by atoms with Gasteiger partial charge in [0.1, 0.15) is 12.2 Å². The zero-order chi connectivity index (χ0) is 10.4. The van der Waals surface area contributed by atoms with Crippen molar-refractivity contribution >= 4 is 17.6 Å². The summed E-state index contributed by atoms with van der Waals surface area (Å²) < 4.78 is 11.0. The molecule has 0 spiro atoms. The van der Waals surface area contributed by atoms with Gasteiger partial charge in [0.2, 0.25) is 0 Å². The van der Waals surface area contributed by atoms with Crippen LogP contribution in [0.15, 0.2) is 0 Å². The fraction of sp³-hybridized carbons (Fsp3) is 0.909. The van der Waals surface area contributed by atoms with Crippen LogP contribution in [-0.4, -0.2) is 24.2 Å². The highest BCUT2D eigenvalue weighted by molar-refractivity contribution is 6.17. The first-order chi connectivity index (χ1) is 7.28. The van der Waals surface area contributed by atoms with E-state index in [1.165, 1.54) is 6.42 Å². The average Bonchev–Trinajstić information content (AvgIpc) is 2.37. The molecule has 2 aliphatic carbocycles. The quantitative estimate of drug-likeness (QED) is 0.537. The number of hydrogen-bond donors (Lipinski definition) is 0. The van der Waals surface area contributed by atoms with Crippen LogP contribution in [0.4, 0.5) is 0 Å². The summed E-state index contributed by atoms with van der Waals surface area (Å²) in [4.78, 5) is 11.7. The van der Waals surface area contributed by atoms with Gasteiger partial charge in [-0.05, 0) is 37.5 Å². The summed E-state index contributed by atoms with van der Waals surface area (Å²) in [7, 11) is 0. The third kappa shape index (κ3) is 1.56. The van der Waals surface area contributed by atoms with Crippen molar-refractivity contribution in [1.29, 1.82) is 0 Å². The summed E-state index contributed by atoms with van der Waals surface area (Å²) >= 11 is 5.62. The molecule has 5 atom stereocenters. The van der Waals surface area contributed by atoms with Crippen molar-refractivity contribution in [1.82, 2.24) is 0 Å². The van der Waals surface area contributed by atoms with E-state index in [1.54, 1.807) is 0 Å². The summed E-state index contributed by atoms with van der Waals surface area (Å²) in [6, 6.07) is 0.199. The standard InChI is InChI=1S/C11H15ClO3/c12-5-14-10-7-1-6-2-8(4-7)11(13)15-9(10)3-6/h6-10H,1-5H2. The summed E-state index contributed by atoms with van der Waals surface area (Å²) in [6.07, 6.45) is 4.14. The van der Waals surface area contributed by atoms with Crippen molar-refractivity contribution in [2.75, 3.05) is 6.07 Å². The molecule has 5 unspecified atom stereocenters. The molecule has 0 N–H and O–H groups in total. The Labute approximate surface area is 94.1 Å². The number of fused-ring (bicyclic) bond motifs is 1. The van der Waals surface area contributed by atoms with E-state index in [1.807, 2.05) is 0 Å². The van der Waals surface area contributed by atoms with E-state index in [4.69, 9.17) is 21.1 Å². The van der Waals surface area contributed by atoms with Gasteiger partial charge in [0.05, 0.1) is 12.0 Å². The fourth-order valence-electron chi connectivity index (χ4n) is 3.58. The molecule has 2 heterocycles. The lowest BCUT2D eigenvalue weighted by Gasteiger charge is -2.41. The lowest BCUT2D eigenvalue weighted by molar-refractivity contribution is -0.158. The van der Waals surface area contributed by atoms with Crippen LogP contribution in [0.2, 0.25) is 0 Å². The fourth-order valence-corrected chi connectivity index (χ4v) is 3.73. The first-order valence-electron chi connectivity index (χ1n) is 5.66. The summed E-state index contributed by atoms with van der Waals surface area (Å²) in [5.41, 5.74) is 0. The Kier molecular flexibility index (Phi) is 2.40. The number of rotatable bonds is 2. The second-order valence-electron chi connectivity index (χ2n) is 4.98. The van der Waals surface area contributed by atoms with Crippen LogP contribution >= 0.6 is 11.6 Å². The molecule has 2 saturated heterocycles. The van der Waals surface area contributed by atoms with Crippen LogP contribution in [0.25, 0.3) is 0 Å². The molecule has 0 aromatic carbocycles. The van der Waals surface area contributed by atoms with Crippen LogP contribution in [0.1, 0.15) is 25.7 Å². The van der Waals surface area contributed by atoms with E-state index < -0.39 is 0 Å². The molecule has 0 aromatic rings. The molecule has 4 aliphatic rings. The maximum absolute atomic E-state index is 11.7. The molecule has 0 aromatic heterocycles. The highest BCUT2D eigenvalue weighted by Gasteiger charge is 2.50. The molecule has 2 saturated carbocycles. The molecular formula is C11H15ClO3. The van der Waals surface area contributed by atoms with Crippen molar-refractivity contribution in [3.63, 3.8) is 0 Å². The van der Waals surface area contributed by atoms with Crippen molar-refractivity contribution in [3.05, 3.63) is 0 Å². The number of halogens is 1. The molecule has 3 nitrogen and oxygen atoms in total. The topological polar surface area (TPSA) is 35.5 Å². The van der Waals surface area contributed by atoms with E-state index in [9.17, 15) is 4.79 Å². The van der Waals surface area contributed by atoms with Crippen molar-refractivity contribution < 1.29 is 14.3 Å². The minimum atomic E-state index is -0.0347. The van der Waals surface area contributed by atoms with Crippen LogP contribution in [0.3, 0.4) is 0 Å². The smallest absolute Gasteiger partial charge is 0.309 e. The van der Waals surface area contributed by atoms with Gasteiger partial charge in [0, 0.05) is 0 Å². The minimum Gasteiger partial charge on any atom is -0.459 e. The Morgan fingerprint density at radius 2 is 2.20 bits per heavy atom. The van der Waals surface area contributed by atoms with Crippen molar-refractivity contribution in [3.8, 4) is 0 Å². The number of esters is 1. The third-order valence-electron chi connectivity index (χ3n) is 4.09. The van der Waals surface area contributed by atoms with Gasteiger partial charge in [-0.3, -0.25) is 4.79 Å². The monoisotopic (exact) mass is 230 g/mol. The van der Waals surface area contributed by atoms with Gasteiger partial charge in [0.15, 0.2) is 0 Å². The van der Waals surface area contributed by atoms with Crippen molar-refractivity contribution in [2.24, 2.45) is 17.8 Å². The minimum absolute atomic E-state index is 0.00660. The number of alkyl halides is 1. The van der Waals surface area contributed by atoms with Gasteiger partial charge in [-0.25, -0.2) is 0 Å². The van der Waals surface area contributed by atoms with Crippen LogP contribution in [0.5, 0.6) is 0 Å². The zero-order valence-corrected chi connectivity index (χ0v) is 9.28. The number of carbonyl (C=O) groups is 1. The Balaban J connectivity index is 1.87. The number of hydrogen-bond acceptors (Lipinski definition) is 3. The summed E-state index contributed by atoms with van der Waals surface area (Å²) in [5, 5.41) is 0. The van der Waals surface area contributed by atoms with Gasteiger partial charge < -0.3 is 9.47 Å². The molecular weight excluding hydrogens is 216 g/mol. The highest BCUT2D eigenvalue weighted by atomic mass is 35.5. The predicted molar refractivity (Wildman–Crippen MR) is 54.4 cm³/mol. The molecule has 4 rings (SSSR count). The van der Waals surface area contributed by atoms with Crippen LogP contribution in [-0.2, 0) is 14.3 Å². The Morgan fingerprint density at radius 3 is 3.00 bits per heavy atom. The van der Waals surface area contributed by atoms with Crippen LogP contribution in [0, 0.1) is 17.8 Å². The maximum atomic E-state index is 11.7. The van der Waals surface area contributed by atoms with Crippen LogP contribution < -0.4 is 0 Å². The largest absolute Gasteiger partial charge is 0.459 e. The summed E-state index contributed by atoms with van der Waals surface area (Å²) in [5.74, 6) is 1.27. The average molecular weight is 231 g/mol. The first-order valence-corrected chi connectivity index (χ1v) is 6.19. The first kappa shape index (κ1) is 9.91. The SMILES string of the molecule is O=C1OC2CC3CC1CC(C3)C2OCCl. The van der Waals surface area contributed by atoms with E-state index in [0.717, 1.165) is 19.3 Å². The normalized spacial score (nSPS) is 47.8. The van der Waals surface area contributed by atoms with Gasteiger partial charge in [-0.2, -0.15) is 0 Å². The maximum Gasteiger partial charge on any atom is 0.309 e. The summed E-state index contributed by atoms with van der Waals surface area (Å²) in [6.45, 7) is 0. The van der Waals surface area contributed by atoms with Gasteiger partial charge in [-0.1, -0.05) is 11.6 Å². The van der Waals surface area contributed by atoms with E-state index in [2.05, 4.69) is 0 Å². The highest BCUT2D eigenvalue weighted by Crippen LogP contribution is 2.48. The lowest BCUT2D eigenvalue weighted by atomic mass is 9.67. The molecule has 0 radical (unpaired) electrons. The predicted octanol–water partition coefficient (Wildman–Crippen LogP) is 1.93. The van der Waals surface area contributed by atoms with E-state index >= 15 is 0 Å². The molecule has 4 fully saturated rings. The number of carbonyl (C=O) groups excluding carboxylic acids is 1. The molecule has 4 heteroatoms. The zero-order valence-electron chi connectivity index (χ0n) is 8.52. The molecule has 2 aliphatic heterocycles. The van der Waals surface area contributed by atoms with Gasteiger partial charge in [-0.15, -0.1) is 0 Å². The van der Waals surface area contributed by atoms with Gasteiger partial charge in [0.25, 0.3) is 0 Å². The Hall–Kier alpha value is -0.280. The molecule has 84 valence electrons. The van der Waals surface area contributed by atoms with Crippen molar-refractivity contribution in [2.45, 2.75) is 37.9 Å². The second kappa shape index (κ2) is 3.63. The molecule has 4 bridgehead atoms. The van der Waals surface area contributed by atoms with E-state index in [-0.39, 0.29) is 30.2 Å². The van der Waals surface area contributed by atoms with Gasteiger partial charge >= 0.3 is 5.97 Å². The lowest BCUT2D eigenvalue weighted by Crippen LogP contribution is -2.44. The molecule has 15 heavy (non-hydrogen) atoms. The molecule has 0 amide bonds. The number of ether oxygens (including phenoxy) is 2. The second-order valence-corrected chi connectivity index (χ2v) is 5.20. The Morgan fingerprint density at radius 1 is 1.33 bits per heavy atom. The van der Waals surface area contributed by atoms with E-state index in [0.29, 0.717) is 11.8 Å².